The van der Waals surface area contributed by atoms with Crippen molar-refractivity contribution in [3.8, 4) is 0 Å². The molecule has 2 fully saturated rings. The Balaban J connectivity index is 1.58. The predicted octanol–water partition coefficient (Wildman–Crippen LogP) is 1.31. The van der Waals surface area contributed by atoms with Crippen LogP contribution in [-0.2, 0) is 4.79 Å². The lowest BCUT2D eigenvalue weighted by molar-refractivity contribution is -0.130. The van der Waals surface area contributed by atoms with E-state index in [0.717, 1.165) is 25.7 Å². The molecule has 1 aliphatic heterocycles. The van der Waals surface area contributed by atoms with Gasteiger partial charge >= 0.3 is 0 Å². The van der Waals surface area contributed by atoms with Gasteiger partial charge in [-0.25, -0.2) is 4.98 Å². The fourth-order valence-electron chi connectivity index (χ4n) is 4.05. The Kier molecular flexibility index (Phi) is 5.02. The van der Waals surface area contributed by atoms with E-state index < -0.39 is 0 Å². The summed E-state index contributed by atoms with van der Waals surface area (Å²) >= 11 is 0. The molecular weight excluding hydrogens is 358 g/mol. The second-order valence-electron chi connectivity index (χ2n) is 7.49. The molecule has 28 heavy (non-hydrogen) atoms. The summed E-state index contributed by atoms with van der Waals surface area (Å²) in [4.78, 5) is 45.2. The SMILES string of the molecule is CC(=O)N1CCN(C(=O)c2nc(C(=O)NC3CCCC3)n3ccccc23)CC1. The van der Waals surface area contributed by atoms with Crippen LogP contribution in [0.15, 0.2) is 24.4 Å². The van der Waals surface area contributed by atoms with Gasteiger partial charge in [-0.1, -0.05) is 18.9 Å². The number of amides is 3. The molecule has 0 spiro atoms. The Bertz CT molecular complexity index is 908. The molecule has 1 aliphatic carbocycles. The molecule has 1 saturated carbocycles. The maximum atomic E-state index is 13.1. The molecule has 1 N–H and O–H groups in total. The number of carbonyl (C=O) groups is 3. The molecule has 2 aromatic rings. The maximum Gasteiger partial charge on any atom is 0.287 e. The molecule has 0 unspecified atom stereocenters. The second-order valence-corrected chi connectivity index (χ2v) is 7.49. The molecular formula is C20H25N5O3. The first-order chi connectivity index (χ1) is 13.5. The second kappa shape index (κ2) is 7.61. The highest BCUT2D eigenvalue weighted by molar-refractivity contribution is 6.02. The number of hydrogen-bond acceptors (Lipinski definition) is 4. The van der Waals surface area contributed by atoms with Crippen molar-refractivity contribution < 1.29 is 14.4 Å². The molecule has 8 nitrogen and oxygen atoms in total. The van der Waals surface area contributed by atoms with Gasteiger partial charge < -0.3 is 15.1 Å². The van der Waals surface area contributed by atoms with Crippen LogP contribution in [0.2, 0.25) is 0 Å². The molecule has 2 aliphatic rings. The summed E-state index contributed by atoms with van der Waals surface area (Å²) in [5.74, 6) is -0.181. The first-order valence-corrected chi connectivity index (χ1v) is 9.87. The van der Waals surface area contributed by atoms with Crippen LogP contribution in [0.3, 0.4) is 0 Å². The Morgan fingerprint density at radius 1 is 1.04 bits per heavy atom. The van der Waals surface area contributed by atoms with Crippen molar-refractivity contribution in [3.05, 3.63) is 35.9 Å². The zero-order chi connectivity index (χ0) is 19.7. The molecule has 1 saturated heterocycles. The van der Waals surface area contributed by atoms with Gasteiger partial charge in [0, 0.05) is 45.3 Å². The monoisotopic (exact) mass is 383 g/mol. The van der Waals surface area contributed by atoms with Crippen molar-refractivity contribution in [1.82, 2.24) is 24.5 Å². The third-order valence-electron chi connectivity index (χ3n) is 5.66. The van der Waals surface area contributed by atoms with Gasteiger partial charge in [0.25, 0.3) is 11.8 Å². The van der Waals surface area contributed by atoms with Crippen LogP contribution in [0, 0.1) is 0 Å². The van der Waals surface area contributed by atoms with Gasteiger partial charge in [0.1, 0.15) is 0 Å². The van der Waals surface area contributed by atoms with Crippen LogP contribution in [0.25, 0.3) is 5.52 Å². The molecule has 148 valence electrons. The molecule has 0 atom stereocenters. The molecule has 0 radical (unpaired) electrons. The number of piperazine rings is 1. The van der Waals surface area contributed by atoms with Gasteiger partial charge in [-0.15, -0.1) is 0 Å². The van der Waals surface area contributed by atoms with Gasteiger partial charge in [-0.2, -0.15) is 0 Å². The zero-order valence-electron chi connectivity index (χ0n) is 16.1. The smallest absolute Gasteiger partial charge is 0.287 e. The molecule has 4 rings (SSSR count). The zero-order valence-corrected chi connectivity index (χ0v) is 16.1. The standard InChI is InChI=1S/C20H25N5O3/c1-14(26)23-10-12-24(13-11-23)20(28)17-16-8-4-5-9-25(16)18(22-17)19(27)21-15-6-2-3-7-15/h4-5,8-9,15H,2-3,6-7,10-13H2,1H3,(H,21,27). The molecule has 3 amide bonds. The predicted molar refractivity (Wildman–Crippen MR) is 103 cm³/mol. The summed E-state index contributed by atoms with van der Waals surface area (Å²) in [6, 6.07) is 5.64. The summed E-state index contributed by atoms with van der Waals surface area (Å²) in [6.45, 7) is 3.50. The van der Waals surface area contributed by atoms with Crippen LogP contribution in [-0.4, -0.2) is 69.1 Å². The third kappa shape index (κ3) is 3.46. The Labute approximate surface area is 163 Å². The third-order valence-corrected chi connectivity index (χ3v) is 5.66. The van der Waals surface area contributed by atoms with E-state index in [0.29, 0.717) is 31.7 Å². The molecule has 0 aromatic carbocycles. The Morgan fingerprint density at radius 3 is 2.39 bits per heavy atom. The maximum absolute atomic E-state index is 13.1. The van der Waals surface area contributed by atoms with E-state index in [1.165, 1.54) is 6.92 Å². The summed E-state index contributed by atoms with van der Waals surface area (Å²) in [7, 11) is 0. The number of nitrogens with zero attached hydrogens (tertiary/aromatic N) is 4. The van der Waals surface area contributed by atoms with Gasteiger partial charge in [-0.3, -0.25) is 18.8 Å². The number of rotatable bonds is 3. The number of pyridine rings is 1. The minimum absolute atomic E-state index is 0.0189. The Hall–Kier alpha value is -2.90. The van der Waals surface area contributed by atoms with Crippen molar-refractivity contribution >= 4 is 23.2 Å². The lowest BCUT2D eigenvalue weighted by Crippen LogP contribution is -2.50. The van der Waals surface area contributed by atoms with Gasteiger partial charge in [0.15, 0.2) is 5.69 Å². The molecule has 2 aromatic heterocycles. The van der Waals surface area contributed by atoms with Gasteiger partial charge in [0.2, 0.25) is 11.7 Å². The number of hydrogen-bond donors (Lipinski definition) is 1. The average Bonchev–Trinajstić information content (AvgIpc) is 3.35. The van der Waals surface area contributed by atoms with Crippen LogP contribution in [0.4, 0.5) is 0 Å². The number of fused-ring (bicyclic) bond motifs is 1. The topological polar surface area (TPSA) is 87.0 Å². The van der Waals surface area contributed by atoms with Gasteiger partial charge in [0.05, 0.1) is 5.52 Å². The van der Waals surface area contributed by atoms with Crippen molar-refractivity contribution in [2.45, 2.75) is 38.6 Å². The van der Waals surface area contributed by atoms with E-state index >= 15 is 0 Å². The van der Waals surface area contributed by atoms with Crippen molar-refractivity contribution in [2.75, 3.05) is 26.2 Å². The van der Waals surface area contributed by atoms with Crippen LogP contribution in [0.5, 0.6) is 0 Å². The number of nitrogens with one attached hydrogen (secondary N) is 1. The molecule has 0 bridgehead atoms. The van der Waals surface area contributed by atoms with Crippen LogP contribution < -0.4 is 5.32 Å². The summed E-state index contributed by atoms with van der Waals surface area (Å²) < 4.78 is 1.68. The number of aromatic nitrogens is 2. The van der Waals surface area contributed by atoms with Gasteiger partial charge in [-0.05, 0) is 25.0 Å². The first-order valence-electron chi connectivity index (χ1n) is 9.87. The fraction of sp³-hybridized carbons (Fsp3) is 0.500. The van der Waals surface area contributed by atoms with E-state index in [9.17, 15) is 14.4 Å². The van der Waals surface area contributed by atoms with E-state index in [4.69, 9.17) is 0 Å². The summed E-state index contributed by atoms with van der Waals surface area (Å²) in [5, 5.41) is 3.05. The summed E-state index contributed by atoms with van der Waals surface area (Å²) in [5.41, 5.74) is 0.909. The minimum Gasteiger partial charge on any atom is -0.347 e. The quantitative estimate of drug-likeness (QED) is 0.866. The van der Waals surface area contributed by atoms with E-state index in [2.05, 4.69) is 10.3 Å². The van der Waals surface area contributed by atoms with Crippen molar-refractivity contribution in [2.24, 2.45) is 0 Å². The first kappa shape index (κ1) is 18.5. The van der Waals surface area contributed by atoms with E-state index in [1.807, 2.05) is 12.1 Å². The highest BCUT2D eigenvalue weighted by atomic mass is 16.2. The number of carbonyl (C=O) groups excluding carboxylic acids is 3. The lowest BCUT2D eigenvalue weighted by Gasteiger charge is -2.33. The Morgan fingerprint density at radius 2 is 1.71 bits per heavy atom. The van der Waals surface area contributed by atoms with Crippen molar-refractivity contribution in [3.63, 3.8) is 0 Å². The van der Waals surface area contributed by atoms with Crippen LogP contribution in [0.1, 0.15) is 53.7 Å². The highest BCUT2D eigenvalue weighted by Crippen LogP contribution is 2.20. The van der Waals surface area contributed by atoms with E-state index in [-0.39, 0.29) is 35.3 Å². The lowest BCUT2D eigenvalue weighted by atomic mass is 10.2. The van der Waals surface area contributed by atoms with Crippen LogP contribution >= 0.6 is 0 Å². The van der Waals surface area contributed by atoms with E-state index in [1.54, 1.807) is 26.5 Å². The highest BCUT2D eigenvalue weighted by Gasteiger charge is 2.29. The fourth-order valence-corrected chi connectivity index (χ4v) is 4.05. The number of imidazole rings is 1. The molecule has 8 heteroatoms. The van der Waals surface area contributed by atoms with Crippen molar-refractivity contribution in [1.29, 1.82) is 0 Å². The molecule has 3 heterocycles. The normalized spacial score (nSPS) is 17.9. The summed E-state index contributed by atoms with van der Waals surface area (Å²) in [6.07, 6.45) is 5.99. The minimum atomic E-state index is -0.242. The largest absolute Gasteiger partial charge is 0.347 e. The average molecular weight is 383 g/mol.